The Morgan fingerprint density at radius 2 is 1.44 bits per heavy atom. The van der Waals surface area contributed by atoms with Gasteiger partial charge in [0.2, 0.25) is 0 Å². The molecule has 2 aromatic heterocycles. The van der Waals surface area contributed by atoms with E-state index in [-0.39, 0.29) is 17.2 Å². The van der Waals surface area contributed by atoms with Crippen molar-refractivity contribution in [2.75, 3.05) is 0 Å². The summed E-state index contributed by atoms with van der Waals surface area (Å²) in [5.74, 6) is 0.882. The molecule has 166 valence electrons. The number of ether oxygens (including phenoxy) is 1. The summed E-state index contributed by atoms with van der Waals surface area (Å²) < 4.78 is 6.25. The van der Waals surface area contributed by atoms with Crippen molar-refractivity contribution >= 4 is 51.1 Å². The molecule has 0 radical (unpaired) electrons. The second kappa shape index (κ2) is 8.60. The maximum atomic E-state index is 10.8. The quantitative estimate of drug-likeness (QED) is 0.278. The Labute approximate surface area is 197 Å². The number of carbonyl (C=O) groups excluding carboxylic acids is 2. The van der Waals surface area contributed by atoms with Crippen LogP contribution in [0.5, 0.6) is 5.75 Å². The van der Waals surface area contributed by atoms with Gasteiger partial charge in [-0.05, 0) is 40.3 Å². The molecule has 1 aliphatic heterocycles. The molecule has 34 heavy (non-hydrogen) atoms. The van der Waals surface area contributed by atoms with Crippen molar-refractivity contribution < 1.29 is 14.3 Å². The summed E-state index contributed by atoms with van der Waals surface area (Å²) in [6.45, 7) is 0.477. The molecule has 1 aliphatic rings. The minimum absolute atomic E-state index is 0.0250. The zero-order valence-electron chi connectivity index (χ0n) is 17.8. The third kappa shape index (κ3) is 3.63. The van der Waals surface area contributed by atoms with Crippen molar-refractivity contribution in [1.82, 2.24) is 19.9 Å². The first-order chi connectivity index (χ1) is 16.7. The topological polar surface area (TPSA) is 101 Å². The van der Waals surface area contributed by atoms with Crippen LogP contribution in [0.1, 0.15) is 5.56 Å². The molecule has 3 heterocycles. The number of fused-ring (bicyclic) bond motifs is 5. The van der Waals surface area contributed by atoms with Crippen LogP contribution in [0.15, 0.2) is 60.9 Å². The Morgan fingerprint density at radius 3 is 2.15 bits per heavy atom. The minimum Gasteiger partial charge on any atom is -0.488 e. The molecular formula is C25H18N4O3P2. The average Bonchev–Trinajstić information content (AvgIpc) is 3.53. The molecule has 0 spiro atoms. The van der Waals surface area contributed by atoms with Crippen LogP contribution in [0.3, 0.4) is 0 Å². The van der Waals surface area contributed by atoms with E-state index in [0.717, 1.165) is 67.8 Å². The van der Waals surface area contributed by atoms with Gasteiger partial charge in [-0.15, -0.1) is 0 Å². The van der Waals surface area contributed by atoms with Crippen molar-refractivity contribution in [3.63, 3.8) is 0 Å². The summed E-state index contributed by atoms with van der Waals surface area (Å²) >= 11 is 0. The van der Waals surface area contributed by atoms with Crippen LogP contribution in [0.4, 0.5) is 0 Å². The molecule has 7 nitrogen and oxygen atoms in total. The summed E-state index contributed by atoms with van der Waals surface area (Å²) in [5, 5.41) is 2.13. The van der Waals surface area contributed by atoms with E-state index in [1.807, 2.05) is 6.07 Å². The van der Waals surface area contributed by atoms with Gasteiger partial charge in [0.15, 0.2) is 0 Å². The van der Waals surface area contributed by atoms with Gasteiger partial charge in [-0.3, -0.25) is 9.59 Å². The van der Waals surface area contributed by atoms with Crippen LogP contribution in [0.25, 0.3) is 44.4 Å². The maximum Gasteiger partial charge on any atom is 0.146 e. The lowest BCUT2D eigenvalue weighted by atomic mass is 9.92. The fraction of sp³-hybridized carbons (Fsp3) is 0.0400. The van der Waals surface area contributed by atoms with Gasteiger partial charge in [0.25, 0.3) is 0 Å². The average molecular weight is 484 g/mol. The van der Waals surface area contributed by atoms with E-state index in [4.69, 9.17) is 4.74 Å². The van der Waals surface area contributed by atoms with Gasteiger partial charge in [-0.25, -0.2) is 9.97 Å². The molecule has 9 heteroatoms. The van der Waals surface area contributed by atoms with Crippen LogP contribution >= 0.6 is 17.2 Å². The lowest BCUT2D eigenvalue weighted by Crippen LogP contribution is -2.06. The predicted molar refractivity (Wildman–Crippen MR) is 138 cm³/mol. The maximum absolute atomic E-state index is 10.8. The van der Waals surface area contributed by atoms with Crippen LogP contribution < -0.4 is 15.9 Å². The van der Waals surface area contributed by atoms with Gasteiger partial charge in [0, 0.05) is 33.7 Å². The van der Waals surface area contributed by atoms with Gasteiger partial charge in [0.05, 0.1) is 23.8 Å². The lowest BCUT2D eigenvalue weighted by molar-refractivity contribution is 0.306. The van der Waals surface area contributed by atoms with E-state index in [1.54, 1.807) is 12.4 Å². The van der Waals surface area contributed by atoms with Crippen LogP contribution in [-0.2, 0) is 16.2 Å². The van der Waals surface area contributed by atoms with Gasteiger partial charge < -0.3 is 14.7 Å². The molecule has 0 saturated heterocycles. The predicted octanol–water partition coefficient (Wildman–Crippen LogP) is 4.17. The first-order valence-corrected chi connectivity index (χ1v) is 12.7. The van der Waals surface area contributed by atoms with Crippen LogP contribution in [-0.4, -0.2) is 32.0 Å². The van der Waals surface area contributed by atoms with Gasteiger partial charge >= 0.3 is 0 Å². The SMILES string of the molecule is O=CPc1ncc(-c2ccc3c(c2)COc2c-3ccc3cc(-c4cnc(PC=O)[nH]4)ccc23)[nH]1. The Morgan fingerprint density at radius 1 is 0.794 bits per heavy atom. The zero-order valence-corrected chi connectivity index (χ0v) is 19.8. The zero-order chi connectivity index (χ0) is 23.1. The van der Waals surface area contributed by atoms with Gasteiger partial charge in [-0.1, -0.05) is 30.3 Å². The molecular weight excluding hydrogens is 466 g/mol. The Balaban J connectivity index is 1.36. The van der Waals surface area contributed by atoms with E-state index < -0.39 is 0 Å². The molecule has 2 atom stereocenters. The van der Waals surface area contributed by atoms with Gasteiger partial charge in [-0.2, -0.15) is 0 Å². The van der Waals surface area contributed by atoms with Gasteiger partial charge in [0.1, 0.15) is 35.5 Å². The summed E-state index contributed by atoms with van der Waals surface area (Å²) in [7, 11) is 0.0501. The Bertz CT molecular complexity index is 1570. The summed E-state index contributed by atoms with van der Waals surface area (Å²) in [5.41, 5.74) is 8.50. The first-order valence-electron chi connectivity index (χ1n) is 10.6. The third-order valence-electron chi connectivity index (χ3n) is 5.90. The lowest BCUT2D eigenvalue weighted by Gasteiger charge is -2.23. The number of nitrogens with one attached hydrogen (secondary N) is 2. The highest BCUT2D eigenvalue weighted by Gasteiger charge is 2.21. The number of nitrogens with zero attached hydrogens (tertiary/aromatic N) is 2. The van der Waals surface area contributed by atoms with E-state index >= 15 is 0 Å². The highest BCUT2D eigenvalue weighted by atomic mass is 31.1. The van der Waals surface area contributed by atoms with E-state index in [2.05, 4.69) is 62.4 Å². The summed E-state index contributed by atoms with van der Waals surface area (Å²) in [4.78, 5) is 36.5. The number of hydrogen-bond acceptors (Lipinski definition) is 5. The number of aromatic amines is 2. The second-order valence-corrected chi connectivity index (χ2v) is 9.85. The third-order valence-corrected chi connectivity index (χ3v) is 7.19. The molecule has 0 amide bonds. The summed E-state index contributed by atoms with van der Waals surface area (Å²) in [6.07, 6.45) is 3.52. The molecule has 0 fully saturated rings. The Kier molecular flexibility index (Phi) is 5.29. The van der Waals surface area contributed by atoms with E-state index in [1.165, 1.54) is 0 Å². The Hall–Kier alpha value is -3.66. The molecule has 3 aromatic carbocycles. The number of H-pyrrole nitrogens is 2. The molecule has 2 unspecified atom stereocenters. The van der Waals surface area contributed by atoms with Crippen LogP contribution in [0, 0.1) is 0 Å². The highest BCUT2D eigenvalue weighted by Crippen LogP contribution is 2.43. The van der Waals surface area contributed by atoms with Crippen molar-refractivity contribution in [2.45, 2.75) is 6.61 Å². The van der Waals surface area contributed by atoms with Crippen molar-refractivity contribution in [3.8, 4) is 39.4 Å². The van der Waals surface area contributed by atoms with E-state index in [0.29, 0.717) is 17.7 Å². The van der Waals surface area contributed by atoms with Crippen molar-refractivity contribution in [2.24, 2.45) is 0 Å². The fourth-order valence-corrected chi connectivity index (χ4v) is 5.24. The normalized spacial score (nSPS) is 12.8. The van der Waals surface area contributed by atoms with Crippen molar-refractivity contribution in [1.29, 1.82) is 0 Å². The minimum atomic E-state index is 0.0250. The number of carbonyl (C=O) groups is 2. The molecule has 2 N–H and O–H groups in total. The second-order valence-electron chi connectivity index (χ2n) is 7.85. The highest BCUT2D eigenvalue weighted by molar-refractivity contribution is 7.62. The molecule has 0 aliphatic carbocycles. The monoisotopic (exact) mass is 484 g/mol. The molecule has 6 rings (SSSR count). The fourth-order valence-electron chi connectivity index (χ4n) is 4.32. The van der Waals surface area contributed by atoms with E-state index in [9.17, 15) is 9.59 Å². The molecule has 0 saturated carbocycles. The number of rotatable bonds is 6. The van der Waals surface area contributed by atoms with Crippen LogP contribution in [0.2, 0.25) is 0 Å². The standard InChI is InChI=1S/C25H18N4O3P2/c30-12-33-24-26-9-21(28-24)15-3-5-19-14(7-15)1-6-20-18-4-2-16(8-17(18)11-32-23(19)20)22-10-27-25(29-22)34-13-31/h1-10,12-13,33-34H,11H2,(H,26,28)(H,27,29). The van der Waals surface area contributed by atoms with Crippen molar-refractivity contribution in [3.05, 3.63) is 66.5 Å². The number of hydrogen-bond donors (Lipinski definition) is 2. The smallest absolute Gasteiger partial charge is 0.146 e. The number of aromatic nitrogens is 4. The summed E-state index contributed by atoms with van der Waals surface area (Å²) in [6, 6.07) is 18.5. The molecule has 0 bridgehead atoms. The number of benzene rings is 3. The molecule has 5 aromatic rings. The first kappa shape index (κ1) is 20.9. The number of imidazole rings is 2. The largest absolute Gasteiger partial charge is 0.488 e.